The molecule has 17 heteroatoms. The number of hydrogen-bond donors (Lipinski definition) is 5. The average molecular weight is 696 g/mol. The minimum absolute atomic E-state index is 0.0354. The van der Waals surface area contributed by atoms with Crippen LogP contribution in [0.4, 0.5) is 0 Å². The minimum atomic E-state index is -0.701. The van der Waals surface area contributed by atoms with Crippen LogP contribution in [0.15, 0.2) is 81.9 Å². The second-order valence-corrected chi connectivity index (χ2v) is 12.2. The zero-order chi connectivity index (χ0) is 35.3. The lowest BCUT2D eigenvalue weighted by Gasteiger charge is -2.20. The maximum atomic E-state index is 11.9. The molecule has 0 aliphatic heterocycles. The van der Waals surface area contributed by atoms with E-state index in [1.807, 2.05) is 58.0 Å². The number of aliphatic hydroxyl groups is 1. The number of hydroxylamine groups is 2. The number of hydrogen-bond acceptors (Lipinski definition) is 12. The summed E-state index contributed by atoms with van der Waals surface area (Å²) in [6, 6.07) is 13.9. The molecule has 17 nitrogen and oxygen atoms in total. The molecule has 4 aromatic heterocycles. The van der Waals surface area contributed by atoms with Gasteiger partial charge in [-0.2, -0.15) is 0 Å². The van der Waals surface area contributed by atoms with E-state index in [-0.39, 0.29) is 18.6 Å². The molecule has 0 spiro atoms. The summed E-state index contributed by atoms with van der Waals surface area (Å²) in [6.07, 6.45) is 11.8. The lowest BCUT2D eigenvalue weighted by atomic mass is 9.97. The average Bonchev–Trinajstić information content (AvgIpc) is 4.00. The Kier molecular flexibility index (Phi) is 9.73. The quantitative estimate of drug-likeness (QED) is 0.0509. The van der Waals surface area contributed by atoms with E-state index in [4.69, 9.17) is 34.3 Å². The molecule has 0 saturated heterocycles. The van der Waals surface area contributed by atoms with Crippen LogP contribution in [-0.4, -0.2) is 68.8 Å². The fourth-order valence-corrected chi connectivity index (χ4v) is 6.59. The highest BCUT2D eigenvalue weighted by molar-refractivity contribution is 5.90. The molecule has 2 aromatic carbocycles. The van der Waals surface area contributed by atoms with Crippen molar-refractivity contribution in [3.05, 3.63) is 96.2 Å². The molecular weight excluding hydrogens is 660 g/mol. The fourth-order valence-electron chi connectivity index (χ4n) is 6.59. The number of benzene rings is 2. The van der Waals surface area contributed by atoms with Crippen molar-refractivity contribution >= 4 is 46.2 Å². The van der Waals surface area contributed by atoms with Crippen LogP contribution in [0.1, 0.15) is 73.4 Å². The molecule has 262 valence electrons. The van der Waals surface area contributed by atoms with Crippen LogP contribution < -0.4 is 15.6 Å². The molecule has 5 N–H and O–H groups in total. The van der Waals surface area contributed by atoms with Crippen LogP contribution in [0.2, 0.25) is 0 Å². The SMILES string of the molecule is O=C(C=Cc1cn(C(c2nc3ccccc3o2)C2CCC(n3nc(C=CC(=O)NO)c[n+]3C(CCCO)c3nc4ccccc4o3)C2)nn1)NO. The predicted octanol–water partition coefficient (Wildman–Crippen LogP) is 3.07. The first-order valence-corrected chi connectivity index (χ1v) is 16.4. The highest BCUT2D eigenvalue weighted by Crippen LogP contribution is 2.43. The molecule has 4 atom stereocenters. The number of nitrogens with zero attached hydrogens (tertiary/aromatic N) is 8. The zero-order valence-corrected chi connectivity index (χ0v) is 27.2. The van der Waals surface area contributed by atoms with Crippen LogP contribution in [0.25, 0.3) is 34.4 Å². The Morgan fingerprint density at radius 2 is 1.57 bits per heavy atom. The number of nitrogens with one attached hydrogen (secondary N) is 2. The van der Waals surface area contributed by atoms with Gasteiger partial charge in [0.2, 0.25) is 17.5 Å². The number of fused-ring (bicyclic) bond motifs is 2. The number of amides is 2. The molecule has 0 bridgehead atoms. The Balaban J connectivity index is 1.26. The highest BCUT2D eigenvalue weighted by Gasteiger charge is 2.42. The third-order valence-electron chi connectivity index (χ3n) is 8.90. The van der Waals surface area contributed by atoms with Crippen molar-refractivity contribution in [2.24, 2.45) is 5.92 Å². The van der Waals surface area contributed by atoms with E-state index in [0.717, 1.165) is 12.5 Å². The summed E-state index contributed by atoms with van der Waals surface area (Å²) < 4.78 is 16.1. The first-order chi connectivity index (χ1) is 24.9. The Morgan fingerprint density at radius 3 is 2.24 bits per heavy atom. The normalized spacial score (nSPS) is 17.5. The maximum Gasteiger partial charge on any atom is 0.267 e. The molecule has 1 aliphatic carbocycles. The van der Waals surface area contributed by atoms with E-state index in [2.05, 4.69) is 10.3 Å². The van der Waals surface area contributed by atoms with Crippen molar-refractivity contribution in [1.82, 2.24) is 45.8 Å². The lowest BCUT2D eigenvalue weighted by Crippen LogP contribution is -2.49. The molecule has 1 aliphatic rings. The van der Waals surface area contributed by atoms with E-state index in [0.29, 0.717) is 71.1 Å². The van der Waals surface area contributed by atoms with Gasteiger partial charge in [-0.15, -0.1) is 9.78 Å². The molecule has 51 heavy (non-hydrogen) atoms. The van der Waals surface area contributed by atoms with Crippen LogP contribution in [0.5, 0.6) is 0 Å². The number of para-hydroxylation sites is 4. The second-order valence-electron chi connectivity index (χ2n) is 12.2. The molecule has 0 radical (unpaired) electrons. The lowest BCUT2D eigenvalue weighted by molar-refractivity contribution is -0.799. The molecule has 6 aromatic rings. The summed E-state index contributed by atoms with van der Waals surface area (Å²) in [4.78, 5) is 34.9. The van der Waals surface area contributed by atoms with Crippen molar-refractivity contribution in [2.75, 3.05) is 6.61 Å². The number of rotatable bonds is 13. The van der Waals surface area contributed by atoms with Gasteiger partial charge in [0.25, 0.3) is 11.8 Å². The third-order valence-corrected chi connectivity index (χ3v) is 8.90. The smallest absolute Gasteiger partial charge is 0.267 e. The number of aliphatic hydroxyl groups excluding tert-OH is 1. The van der Waals surface area contributed by atoms with Gasteiger partial charge >= 0.3 is 0 Å². The summed E-state index contributed by atoms with van der Waals surface area (Å²) >= 11 is 0. The van der Waals surface area contributed by atoms with Gasteiger partial charge in [-0.3, -0.25) is 20.0 Å². The van der Waals surface area contributed by atoms with Crippen molar-refractivity contribution in [3.8, 4) is 0 Å². The maximum absolute atomic E-state index is 11.9. The number of carbonyl (C=O) groups excluding carboxylic acids is 2. The Bertz CT molecular complexity index is 2150. The summed E-state index contributed by atoms with van der Waals surface area (Å²) in [5, 5.41) is 41.2. The van der Waals surface area contributed by atoms with Crippen molar-refractivity contribution in [3.63, 3.8) is 0 Å². The molecule has 1 fully saturated rings. The first kappa shape index (κ1) is 33.5. The summed E-state index contributed by atoms with van der Waals surface area (Å²) in [7, 11) is 0. The second kappa shape index (κ2) is 14.8. The fraction of sp³-hybridized carbons (Fsp3) is 0.294. The predicted molar refractivity (Wildman–Crippen MR) is 177 cm³/mol. The van der Waals surface area contributed by atoms with Crippen molar-refractivity contribution in [1.29, 1.82) is 0 Å². The van der Waals surface area contributed by atoms with E-state index in [9.17, 15) is 14.7 Å². The Hall–Kier alpha value is -6.04. The third kappa shape index (κ3) is 7.16. The van der Waals surface area contributed by atoms with Gasteiger partial charge in [-0.1, -0.05) is 29.5 Å². The number of aromatic nitrogens is 8. The number of carbonyl (C=O) groups is 2. The van der Waals surface area contributed by atoms with E-state index < -0.39 is 23.9 Å². The van der Waals surface area contributed by atoms with Crippen molar-refractivity contribution in [2.45, 2.75) is 50.2 Å². The first-order valence-electron chi connectivity index (χ1n) is 16.4. The molecule has 2 amide bonds. The van der Waals surface area contributed by atoms with Gasteiger partial charge in [0.05, 0.1) is 6.20 Å². The van der Waals surface area contributed by atoms with E-state index in [1.165, 1.54) is 18.2 Å². The van der Waals surface area contributed by atoms with E-state index in [1.54, 1.807) is 28.0 Å². The van der Waals surface area contributed by atoms with Gasteiger partial charge in [0.1, 0.15) is 28.8 Å². The Labute approximate surface area is 289 Å². The highest BCUT2D eigenvalue weighted by atomic mass is 16.5. The summed E-state index contributed by atoms with van der Waals surface area (Å²) in [6.45, 7) is -0.0354. The molecule has 7 rings (SSSR count). The molecule has 1 saturated carbocycles. The standard InChI is InChI=1S/C34H34N10O7/c45-17-5-8-27(33-35-25-6-1-3-9-28(25)50-33)43-20-23(13-16-31(47)40-49)38-44(43)24-14-11-21(18-24)32(34-36-26-7-2-4-10-29(26)51-34)42-19-22(37-41-42)12-15-30(46)39-48/h1-4,6-7,9-10,12-13,15-16,19-21,24,27,32,45H,5,8,11,14,17-18H2,(H3-,37,38,39,40,41,46,47,48,49)/p+1. The molecule has 4 unspecified atom stereocenters. The van der Waals surface area contributed by atoms with Gasteiger partial charge in [-0.05, 0) is 66.7 Å². The van der Waals surface area contributed by atoms with Gasteiger partial charge in [0.15, 0.2) is 23.4 Å². The monoisotopic (exact) mass is 695 g/mol. The van der Waals surface area contributed by atoms with Crippen LogP contribution in [0.3, 0.4) is 0 Å². The number of oxazole rings is 2. The molecular formula is C34H35N10O7+. The zero-order valence-electron chi connectivity index (χ0n) is 27.2. The van der Waals surface area contributed by atoms with E-state index >= 15 is 0 Å². The Morgan fingerprint density at radius 1 is 0.922 bits per heavy atom. The van der Waals surface area contributed by atoms with Gasteiger partial charge < -0.3 is 13.9 Å². The van der Waals surface area contributed by atoms with Gasteiger partial charge in [-0.25, -0.2) is 25.6 Å². The van der Waals surface area contributed by atoms with Gasteiger partial charge in [0, 0.05) is 36.4 Å². The van der Waals surface area contributed by atoms with Crippen LogP contribution >= 0.6 is 0 Å². The topological polar surface area (TPSA) is 223 Å². The summed E-state index contributed by atoms with van der Waals surface area (Å²) in [5.74, 6) is -0.550. The minimum Gasteiger partial charge on any atom is -0.438 e. The van der Waals surface area contributed by atoms with Crippen LogP contribution in [-0.2, 0) is 9.59 Å². The van der Waals surface area contributed by atoms with Crippen molar-refractivity contribution < 1.29 is 38.6 Å². The molecule has 4 heterocycles. The van der Waals surface area contributed by atoms with Crippen LogP contribution in [0, 0.1) is 5.92 Å². The summed E-state index contributed by atoms with van der Waals surface area (Å²) in [5.41, 5.74) is 6.67. The largest absolute Gasteiger partial charge is 0.438 e.